The van der Waals surface area contributed by atoms with Crippen molar-refractivity contribution in [3.63, 3.8) is 0 Å². The van der Waals surface area contributed by atoms with Gasteiger partial charge in [0.05, 0.1) is 22.3 Å². The van der Waals surface area contributed by atoms with Gasteiger partial charge in [0.1, 0.15) is 23.0 Å². The van der Waals surface area contributed by atoms with E-state index in [1.165, 1.54) is 36.4 Å². The number of aromatic carboxylic acids is 4. The molecule has 10 nitrogen and oxygen atoms in total. The monoisotopic (exact) mass is 556 g/mol. The van der Waals surface area contributed by atoms with E-state index in [4.69, 9.17) is 19.7 Å². The van der Waals surface area contributed by atoms with Crippen LogP contribution in [0, 0.1) is 0 Å². The minimum atomic E-state index is -1.36. The number of carboxylic acids is 4. The van der Waals surface area contributed by atoms with E-state index in [2.05, 4.69) is 6.92 Å². The van der Waals surface area contributed by atoms with Gasteiger partial charge in [0.25, 0.3) is 0 Å². The van der Waals surface area contributed by atoms with Crippen molar-refractivity contribution in [2.24, 2.45) is 0 Å². The van der Waals surface area contributed by atoms with Crippen LogP contribution in [0.15, 0.2) is 84.9 Å². The number of carboxylic acid groups (broad SMARTS) is 4. The summed E-state index contributed by atoms with van der Waals surface area (Å²) >= 11 is 0. The summed E-state index contributed by atoms with van der Waals surface area (Å²) in [4.78, 5) is 45.3. The van der Waals surface area contributed by atoms with Gasteiger partial charge < -0.3 is 29.9 Å². The Bertz CT molecular complexity index is 1620. The second-order valence-electron chi connectivity index (χ2n) is 9.16. The standard InChI is InChI=1S/C31H24O10/c1-17(19-4-8-21(9-5-19)41-23-11-13-25(29(34)35)27(16-23)31(38)39)14-18-2-6-20(7-3-18)40-22-10-12-24(28(32)33)26(15-22)30(36)37/h2-13,15-17H,14H2,1H3,(H,32,33)(H,34,35)(H,36,37)(H,38,39). The summed E-state index contributed by atoms with van der Waals surface area (Å²) < 4.78 is 11.4. The molecular weight excluding hydrogens is 532 g/mol. The molecule has 41 heavy (non-hydrogen) atoms. The van der Waals surface area contributed by atoms with Gasteiger partial charge in [0.2, 0.25) is 0 Å². The topological polar surface area (TPSA) is 168 Å². The van der Waals surface area contributed by atoms with E-state index < -0.39 is 23.9 Å². The van der Waals surface area contributed by atoms with E-state index in [0.29, 0.717) is 17.9 Å². The SMILES string of the molecule is CC(Cc1ccc(Oc2ccc(C(=O)O)c(C(=O)O)c2)cc1)c1ccc(Oc2ccc(C(=O)O)c(C(=O)O)c2)cc1. The van der Waals surface area contributed by atoms with Crippen molar-refractivity contribution in [3.05, 3.63) is 118 Å². The molecule has 1 atom stereocenters. The third-order valence-electron chi connectivity index (χ3n) is 6.29. The molecule has 4 N–H and O–H groups in total. The number of benzene rings is 4. The van der Waals surface area contributed by atoms with E-state index in [1.807, 2.05) is 24.3 Å². The van der Waals surface area contributed by atoms with E-state index in [0.717, 1.165) is 11.1 Å². The van der Waals surface area contributed by atoms with Crippen LogP contribution in [-0.4, -0.2) is 44.3 Å². The van der Waals surface area contributed by atoms with Crippen molar-refractivity contribution in [1.82, 2.24) is 0 Å². The van der Waals surface area contributed by atoms with Gasteiger partial charge in [-0.25, -0.2) is 19.2 Å². The van der Waals surface area contributed by atoms with Crippen molar-refractivity contribution < 1.29 is 49.1 Å². The summed E-state index contributed by atoms with van der Waals surface area (Å²) in [6, 6.07) is 22.0. The molecule has 0 saturated heterocycles. The van der Waals surface area contributed by atoms with Crippen LogP contribution in [0.1, 0.15) is 65.4 Å². The minimum absolute atomic E-state index is 0.131. The summed E-state index contributed by atoms with van der Waals surface area (Å²) in [6.07, 6.45) is 0.704. The highest BCUT2D eigenvalue weighted by Gasteiger charge is 2.18. The average Bonchev–Trinajstić information content (AvgIpc) is 2.94. The van der Waals surface area contributed by atoms with Crippen LogP contribution in [0.4, 0.5) is 0 Å². The lowest BCUT2D eigenvalue weighted by molar-refractivity contribution is 0.0651. The molecule has 0 bridgehead atoms. The predicted molar refractivity (Wildman–Crippen MR) is 146 cm³/mol. The Morgan fingerprint density at radius 3 is 1.29 bits per heavy atom. The van der Waals surface area contributed by atoms with Gasteiger partial charge in [-0.15, -0.1) is 0 Å². The van der Waals surface area contributed by atoms with Gasteiger partial charge in [-0.3, -0.25) is 0 Å². The summed E-state index contributed by atoms with van der Waals surface area (Å²) in [5.74, 6) is -3.94. The highest BCUT2D eigenvalue weighted by Crippen LogP contribution is 2.29. The molecule has 10 heteroatoms. The first kappa shape index (κ1) is 28.4. The second-order valence-corrected chi connectivity index (χ2v) is 9.16. The van der Waals surface area contributed by atoms with Crippen LogP contribution < -0.4 is 9.47 Å². The van der Waals surface area contributed by atoms with E-state index in [-0.39, 0.29) is 39.7 Å². The molecule has 4 rings (SSSR count). The van der Waals surface area contributed by atoms with Crippen LogP contribution in [0.25, 0.3) is 0 Å². The summed E-state index contributed by atoms with van der Waals surface area (Å²) in [6.45, 7) is 2.06. The first-order chi connectivity index (χ1) is 19.5. The fourth-order valence-electron chi connectivity index (χ4n) is 4.20. The third kappa shape index (κ3) is 6.87. The second kappa shape index (κ2) is 12.0. The Morgan fingerprint density at radius 2 is 0.902 bits per heavy atom. The molecule has 0 fully saturated rings. The van der Waals surface area contributed by atoms with Crippen molar-refractivity contribution in [1.29, 1.82) is 0 Å². The van der Waals surface area contributed by atoms with Crippen molar-refractivity contribution in [2.45, 2.75) is 19.3 Å². The van der Waals surface area contributed by atoms with Gasteiger partial charge in [-0.05, 0) is 84.1 Å². The molecule has 4 aromatic rings. The van der Waals surface area contributed by atoms with Crippen LogP contribution in [0.2, 0.25) is 0 Å². The molecular formula is C31H24O10. The Morgan fingerprint density at radius 1 is 0.537 bits per heavy atom. The highest BCUT2D eigenvalue weighted by molar-refractivity contribution is 6.02. The van der Waals surface area contributed by atoms with Crippen LogP contribution in [0.5, 0.6) is 23.0 Å². The maximum absolute atomic E-state index is 11.4. The Kier molecular flexibility index (Phi) is 8.33. The normalized spacial score (nSPS) is 11.3. The van der Waals surface area contributed by atoms with Crippen LogP contribution in [-0.2, 0) is 6.42 Å². The molecule has 0 spiro atoms. The van der Waals surface area contributed by atoms with Crippen molar-refractivity contribution >= 4 is 23.9 Å². The predicted octanol–water partition coefficient (Wildman–Crippen LogP) is 6.41. The third-order valence-corrected chi connectivity index (χ3v) is 6.29. The summed E-state index contributed by atoms with van der Waals surface area (Å²) in [5, 5.41) is 36.9. The first-order valence-corrected chi connectivity index (χ1v) is 12.3. The summed E-state index contributed by atoms with van der Waals surface area (Å²) in [7, 11) is 0. The Hall–Kier alpha value is -5.64. The Labute approximate surface area is 233 Å². The van der Waals surface area contributed by atoms with Gasteiger partial charge in [-0.2, -0.15) is 0 Å². The minimum Gasteiger partial charge on any atom is -0.478 e. The van der Waals surface area contributed by atoms with E-state index >= 15 is 0 Å². The molecule has 1 unspecified atom stereocenters. The number of carbonyl (C=O) groups is 4. The molecule has 208 valence electrons. The largest absolute Gasteiger partial charge is 0.478 e. The zero-order valence-electron chi connectivity index (χ0n) is 21.6. The first-order valence-electron chi connectivity index (χ1n) is 12.3. The molecule has 0 aromatic heterocycles. The number of hydrogen-bond acceptors (Lipinski definition) is 6. The Balaban J connectivity index is 1.39. The fourth-order valence-corrected chi connectivity index (χ4v) is 4.20. The van der Waals surface area contributed by atoms with E-state index in [1.54, 1.807) is 24.3 Å². The van der Waals surface area contributed by atoms with Crippen LogP contribution in [0.3, 0.4) is 0 Å². The maximum Gasteiger partial charge on any atom is 0.336 e. The summed E-state index contributed by atoms with van der Waals surface area (Å²) in [5.41, 5.74) is 0.684. The van der Waals surface area contributed by atoms with Crippen LogP contribution >= 0.6 is 0 Å². The number of ether oxygens (including phenoxy) is 2. The lowest BCUT2D eigenvalue weighted by atomic mass is 9.94. The quantitative estimate of drug-likeness (QED) is 0.162. The van der Waals surface area contributed by atoms with E-state index in [9.17, 15) is 29.4 Å². The molecule has 0 saturated carbocycles. The van der Waals surface area contributed by atoms with Gasteiger partial charge in [0.15, 0.2) is 0 Å². The molecule has 0 amide bonds. The zero-order chi connectivity index (χ0) is 29.7. The van der Waals surface area contributed by atoms with Gasteiger partial charge >= 0.3 is 23.9 Å². The van der Waals surface area contributed by atoms with Crippen molar-refractivity contribution in [2.75, 3.05) is 0 Å². The number of rotatable bonds is 11. The number of hydrogen-bond donors (Lipinski definition) is 4. The zero-order valence-corrected chi connectivity index (χ0v) is 21.6. The molecule has 4 aromatic carbocycles. The maximum atomic E-state index is 11.4. The lowest BCUT2D eigenvalue weighted by Gasteiger charge is -2.14. The smallest absolute Gasteiger partial charge is 0.336 e. The van der Waals surface area contributed by atoms with Gasteiger partial charge in [-0.1, -0.05) is 31.2 Å². The molecule has 0 aliphatic rings. The molecule has 0 aliphatic carbocycles. The highest BCUT2D eigenvalue weighted by atomic mass is 16.5. The lowest BCUT2D eigenvalue weighted by Crippen LogP contribution is -2.08. The fraction of sp³-hybridized carbons (Fsp3) is 0.0968. The van der Waals surface area contributed by atoms with Gasteiger partial charge in [0, 0.05) is 0 Å². The van der Waals surface area contributed by atoms with Crippen molar-refractivity contribution in [3.8, 4) is 23.0 Å². The molecule has 0 aliphatic heterocycles. The molecule has 0 heterocycles. The average molecular weight is 557 g/mol. The molecule has 0 radical (unpaired) electrons.